The smallest absolute Gasteiger partial charge is 0.0895 e. The van der Waals surface area contributed by atoms with E-state index in [4.69, 9.17) is 5.73 Å². The lowest BCUT2D eigenvalue weighted by Gasteiger charge is -2.21. The van der Waals surface area contributed by atoms with Crippen molar-refractivity contribution in [2.45, 2.75) is 6.04 Å². The molecule has 0 aliphatic carbocycles. The molecule has 0 saturated heterocycles. The van der Waals surface area contributed by atoms with Gasteiger partial charge in [0.25, 0.3) is 0 Å². The van der Waals surface area contributed by atoms with Crippen molar-refractivity contribution in [2.75, 3.05) is 26.4 Å². The van der Waals surface area contributed by atoms with Gasteiger partial charge in [-0.3, -0.25) is 4.68 Å². The van der Waals surface area contributed by atoms with E-state index in [9.17, 15) is 0 Å². The monoisotopic (exact) mass is 230 g/mol. The second-order valence-electron chi connectivity index (χ2n) is 4.44. The molecular weight excluding hydrogens is 212 g/mol. The highest BCUT2D eigenvalue weighted by Crippen LogP contribution is 2.19. The maximum Gasteiger partial charge on any atom is 0.0895 e. The molecule has 2 N–H and O–H groups in total. The maximum absolute atomic E-state index is 5.73. The van der Waals surface area contributed by atoms with Crippen molar-refractivity contribution < 1.29 is 0 Å². The first-order valence-electron chi connectivity index (χ1n) is 5.66. The van der Waals surface area contributed by atoms with Crippen molar-refractivity contribution >= 4 is 5.69 Å². The van der Waals surface area contributed by atoms with Crippen LogP contribution in [-0.4, -0.2) is 35.3 Å². The van der Waals surface area contributed by atoms with Crippen LogP contribution >= 0.6 is 0 Å². The third-order valence-corrected chi connectivity index (χ3v) is 2.66. The molecule has 0 saturated carbocycles. The Bertz CT molecular complexity index is 461. The summed E-state index contributed by atoms with van der Waals surface area (Å²) in [6.07, 6.45) is 3.56. The van der Waals surface area contributed by atoms with Crippen LogP contribution in [0.1, 0.15) is 11.6 Å². The first kappa shape index (κ1) is 11.7. The SMILES string of the molecule is CN(C)C[C@@H](c1ccccc1)n1cc(N)cn1. The van der Waals surface area contributed by atoms with E-state index in [-0.39, 0.29) is 6.04 Å². The summed E-state index contributed by atoms with van der Waals surface area (Å²) in [6.45, 7) is 0.894. The average molecular weight is 230 g/mol. The van der Waals surface area contributed by atoms with E-state index in [1.54, 1.807) is 6.20 Å². The first-order chi connectivity index (χ1) is 8.16. The lowest BCUT2D eigenvalue weighted by molar-refractivity contribution is 0.337. The van der Waals surface area contributed by atoms with Gasteiger partial charge >= 0.3 is 0 Å². The Morgan fingerprint density at radius 3 is 2.53 bits per heavy atom. The standard InChI is InChI=1S/C13H18N4/c1-16(2)10-13(11-6-4-3-5-7-11)17-9-12(14)8-15-17/h3-9,13H,10,14H2,1-2H3/t13-/m0/s1. The molecule has 0 bridgehead atoms. The topological polar surface area (TPSA) is 47.1 Å². The number of hydrogen-bond acceptors (Lipinski definition) is 3. The van der Waals surface area contributed by atoms with Crippen molar-refractivity contribution in [2.24, 2.45) is 0 Å². The van der Waals surface area contributed by atoms with Crippen LogP contribution in [0.3, 0.4) is 0 Å². The maximum atomic E-state index is 5.73. The molecule has 0 amide bonds. The van der Waals surface area contributed by atoms with Crippen LogP contribution < -0.4 is 5.73 Å². The molecule has 0 unspecified atom stereocenters. The van der Waals surface area contributed by atoms with Crippen molar-refractivity contribution in [3.8, 4) is 0 Å². The molecule has 4 heteroatoms. The number of hydrogen-bond donors (Lipinski definition) is 1. The van der Waals surface area contributed by atoms with Gasteiger partial charge in [0.1, 0.15) is 0 Å². The molecule has 0 spiro atoms. The molecular formula is C13H18N4. The summed E-state index contributed by atoms with van der Waals surface area (Å²) >= 11 is 0. The number of rotatable bonds is 4. The average Bonchev–Trinajstić information content (AvgIpc) is 2.73. The normalized spacial score (nSPS) is 12.9. The van der Waals surface area contributed by atoms with Gasteiger partial charge in [0.15, 0.2) is 0 Å². The molecule has 90 valence electrons. The van der Waals surface area contributed by atoms with Crippen molar-refractivity contribution in [1.29, 1.82) is 0 Å². The molecule has 17 heavy (non-hydrogen) atoms. The predicted molar refractivity (Wildman–Crippen MR) is 69.8 cm³/mol. The van der Waals surface area contributed by atoms with E-state index in [1.807, 2.05) is 29.1 Å². The largest absolute Gasteiger partial charge is 0.396 e. The number of benzene rings is 1. The van der Waals surface area contributed by atoms with Gasteiger partial charge in [0, 0.05) is 12.7 Å². The van der Waals surface area contributed by atoms with Crippen molar-refractivity contribution in [3.05, 3.63) is 48.3 Å². The van der Waals surface area contributed by atoms with Gasteiger partial charge in [-0.1, -0.05) is 30.3 Å². The highest BCUT2D eigenvalue weighted by molar-refractivity contribution is 5.32. The zero-order valence-electron chi connectivity index (χ0n) is 10.2. The Morgan fingerprint density at radius 1 is 1.29 bits per heavy atom. The number of nitrogen functional groups attached to an aromatic ring is 1. The minimum absolute atomic E-state index is 0.198. The summed E-state index contributed by atoms with van der Waals surface area (Å²) in [5.41, 5.74) is 7.67. The quantitative estimate of drug-likeness (QED) is 0.868. The second kappa shape index (κ2) is 5.01. The molecule has 2 rings (SSSR count). The summed E-state index contributed by atoms with van der Waals surface area (Å²) in [5.74, 6) is 0. The highest BCUT2D eigenvalue weighted by atomic mass is 15.3. The molecule has 2 aromatic rings. The summed E-state index contributed by atoms with van der Waals surface area (Å²) in [6, 6.07) is 10.5. The number of likely N-dealkylation sites (N-methyl/N-ethyl adjacent to an activating group) is 1. The minimum Gasteiger partial charge on any atom is -0.396 e. The molecule has 0 aliphatic heterocycles. The fraction of sp³-hybridized carbons (Fsp3) is 0.308. The second-order valence-corrected chi connectivity index (χ2v) is 4.44. The summed E-state index contributed by atoms with van der Waals surface area (Å²) in [5, 5.41) is 4.31. The van der Waals surface area contributed by atoms with Crippen LogP contribution in [0.5, 0.6) is 0 Å². The molecule has 1 aromatic carbocycles. The van der Waals surface area contributed by atoms with Gasteiger partial charge in [-0.05, 0) is 19.7 Å². The van der Waals surface area contributed by atoms with Gasteiger partial charge < -0.3 is 10.6 Å². The third-order valence-electron chi connectivity index (χ3n) is 2.66. The summed E-state index contributed by atoms with van der Waals surface area (Å²) in [7, 11) is 4.12. The van der Waals surface area contributed by atoms with Crippen molar-refractivity contribution in [3.63, 3.8) is 0 Å². The Balaban J connectivity index is 2.32. The Hall–Kier alpha value is -1.81. The van der Waals surface area contributed by atoms with E-state index in [2.05, 4.69) is 36.2 Å². The van der Waals surface area contributed by atoms with Gasteiger partial charge in [-0.15, -0.1) is 0 Å². The third kappa shape index (κ3) is 2.85. The number of anilines is 1. The van der Waals surface area contributed by atoms with Crippen LogP contribution in [0.4, 0.5) is 5.69 Å². The summed E-state index contributed by atoms with van der Waals surface area (Å²) in [4.78, 5) is 2.15. The molecule has 0 radical (unpaired) electrons. The van der Waals surface area contributed by atoms with Gasteiger partial charge in [0.2, 0.25) is 0 Å². The number of nitrogens with zero attached hydrogens (tertiary/aromatic N) is 3. The van der Waals surface area contributed by atoms with Crippen LogP contribution in [0.15, 0.2) is 42.7 Å². The molecule has 0 fully saturated rings. The van der Waals surface area contributed by atoms with Gasteiger partial charge in [-0.2, -0.15) is 5.10 Å². The van der Waals surface area contributed by atoms with E-state index in [1.165, 1.54) is 5.56 Å². The molecule has 1 atom stereocenters. The first-order valence-corrected chi connectivity index (χ1v) is 5.66. The van der Waals surface area contributed by atoms with Gasteiger partial charge in [0.05, 0.1) is 17.9 Å². The van der Waals surface area contributed by atoms with Gasteiger partial charge in [-0.25, -0.2) is 0 Å². The summed E-state index contributed by atoms with van der Waals surface area (Å²) < 4.78 is 1.92. The van der Waals surface area contributed by atoms with E-state index >= 15 is 0 Å². The van der Waals surface area contributed by atoms with E-state index in [0.29, 0.717) is 5.69 Å². The molecule has 0 aliphatic rings. The van der Waals surface area contributed by atoms with E-state index < -0.39 is 0 Å². The fourth-order valence-corrected chi connectivity index (χ4v) is 1.89. The highest BCUT2D eigenvalue weighted by Gasteiger charge is 2.15. The van der Waals surface area contributed by atoms with Crippen LogP contribution in [0, 0.1) is 0 Å². The number of nitrogens with two attached hydrogens (primary N) is 1. The Morgan fingerprint density at radius 2 is 2.00 bits per heavy atom. The Labute approximate surface area is 102 Å². The number of aromatic nitrogens is 2. The van der Waals surface area contributed by atoms with Crippen molar-refractivity contribution in [1.82, 2.24) is 14.7 Å². The zero-order valence-corrected chi connectivity index (χ0v) is 10.2. The zero-order chi connectivity index (χ0) is 12.3. The molecule has 1 heterocycles. The lowest BCUT2D eigenvalue weighted by atomic mass is 10.1. The molecule has 4 nitrogen and oxygen atoms in total. The van der Waals surface area contributed by atoms with Crippen LogP contribution in [0.2, 0.25) is 0 Å². The van der Waals surface area contributed by atoms with Crippen LogP contribution in [0.25, 0.3) is 0 Å². The lowest BCUT2D eigenvalue weighted by Crippen LogP contribution is -2.25. The van der Waals surface area contributed by atoms with E-state index in [0.717, 1.165) is 6.54 Å². The molecule has 1 aromatic heterocycles. The fourth-order valence-electron chi connectivity index (χ4n) is 1.89. The minimum atomic E-state index is 0.198. The van der Waals surface area contributed by atoms with Crippen LogP contribution in [-0.2, 0) is 0 Å². The Kier molecular flexibility index (Phi) is 3.44. The predicted octanol–water partition coefficient (Wildman–Crippen LogP) is 1.62.